The van der Waals surface area contributed by atoms with E-state index in [1.807, 2.05) is 12.4 Å². The van der Waals surface area contributed by atoms with E-state index in [-0.39, 0.29) is 6.04 Å². The summed E-state index contributed by atoms with van der Waals surface area (Å²) in [7, 11) is 0. The van der Waals surface area contributed by atoms with E-state index in [0.717, 1.165) is 13.0 Å². The standard InChI is InChI=1S/C18H24N2/c1-4-7-15-8-6-9-16(12-15)18(20-5-2)17-13-19-11-10-14(17)3/h6,8-13,18,20H,4-5,7H2,1-3H3. The van der Waals surface area contributed by atoms with Crippen LogP contribution in [0.4, 0.5) is 0 Å². The van der Waals surface area contributed by atoms with Gasteiger partial charge < -0.3 is 5.32 Å². The molecule has 0 radical (unpaired) electrons. The van der Waals surface area contributed by atoms with E-state index >= 15 is 0 Å². The van der Waals surface area contributed by atoms with Gasteiger partial charge in [-0.1, -0.05) is 44.5 Å². The highest BCUT2D eigenvalue weighted by atomic mass is 14.9. The molecule has 0 saturated carbocycles. The predicted octanol–water partition coefficient (Wildman–Crippen LogP) is 4.04. The predicted molar refractivity (Wildman–Crippen MR) is 84.9 cm³/mol. The quantitative estimate of drug-likeness (QED) is 0.855. The lowest BCUT2D eigenvalue weighted by Crippen LogP contribution is -2.23. The molecule has 1 atom stereocenters. The highest BCUT2D eigenvalue weighted by molar-refractivity contribution is 5.36. The molecule has 20 heavy (non-hydrogen) atoms. The minimum Gasteiger partial charge on any atom is -0.306 e. The smallest absolute Gasteiger partial charge is 0.0594 e. The Morgan fingerprint density at radius 2 is 2.05 bits per heavy atom. The molecule has 2 aromatic rings. The number of rotatable bonds is 6. The van der Waals surface area contributed by atoms with Crippen molar-refractivity contribution in [3.63, 3.8) is 0 Å². The third kappa shape index (κ3) is 3.45. The number of nitrogens with one attached hydrogen (secondary N) is 1. The molecular weight excluding hydrogens is 244 g/mol. The largest absolute Gasteiger partial charge is 0.306 e. The van der Waals surface area contributed by atoms with Crippen molar-refractivity contribution in [1.82, 2.24) is 10.3 Å². The molecular formula is C18H24N2. The SMILES string of the molecule is CCCc1cccc(C(NCC)c2cnccc2C)c1. The van der Waals surface area contributed by atoms with Crippen LogP contribution in [0.2, 0.25) is 0 Å². The first-order valence-corrected chi connectivity index (χ1v) is 7.49. The summed E-state index contributed by atoms with van der Waals surface area (Å²) in [6.07, 6.45) is 6.16. The van der Waals surface area contributed by atoms with Gasteiger partial charge in [-0.2, -0.15) is 0 Å². The van der Waals surface area contributed by atoms with E-state index < -0.39 is 0 Å². The molecule has 0 aliphatic rings. The average Bonchev–Trinajstić information content (AvgIpc) is 2.46. The summed E-state index contributed by atoms with van der Waals surface area (Å²) >= 11 is 0. The summed E-state index contributed by atoms with van der Waals surface area (Å²) in [6, 6.07) is 11.2. The van der Waals surface area contributed by atoms with Gasteiger partial charge in [-0.15, -0.1) is 0 Å². The third-order valence-electron chi connectivity index (χ3n) is 3.62. The van der Waals surface area contributed by atoms with Crippen molar-refractivity contribution in [3.8, 4) is 0 Å². The van der Waals surface area contributed by atoms with Crippen molar-refractivity contribution in [2.75, 3.05) is 6.54 Å². The van der Waals surface area contributed by atoms with Crippen LogP contribution in [0.15, 0.2) is 42.7 Å². The second kappa shape index (κ2) is 7.20. The molecule has 1 aromatic carbocycles. The molecule has 2 heteroatoms. The summed E-state index contributed by atoms with van der Waals surface area (Å²) in [5, 5.41) is 3.59. The number of aromatic nitrogens is 1. The van der Waals surface area contributed by atoms with E-state index in [1.54, 1.807) is 0 Å². The summed E-state index contributed by atoms with van der Waals surface area (Å²) in [6.45, 7) is 7.46. The van der Waals surface area contributed by atoms with Gasteiger partial charge >= 0.3 is 0 Å². The topological polar surface area (TPSA) is 24.9 Å². The second-order valence-corrected chi connectivity index (χ2v) is 5.22. The van der Waals surface area contributed by atoms with E-state index in [9.17, 15) is 0 Å². The Balaban J connectivity index is 2.38. The van der Waals surface area contributed by atoms with Crippen LogP contribution in [-0.2, 0) is 6.42 Å². The first-order valence-electron chi connectivity index (χ1n) is 7.49. The van der Waals surface area contributed by atoms with Crippen molar-refractivity contribution in [2.45, 2.75) is 39.7 Å². The Morgan fingerprint density at radius 1 is 1.20 bits per heavy atom. The van der Waals surface area contributed by atoms with Crippen LogP contribution in [0.5, 0.6) is 0 Å². The number of hydrogen-bond acceptors (Lipinski definition) is 2. The molecule has 0 fully saturated rings. The monoisotopic (exact) mass is 268 g/mol. The van der Waals surface area contributed by atoms with E-state index in [0.29, 0.717) is 0 Å². The lowest BCUT2D eigenvalue weighted by molar-refractivity contribution is 0.624. The Bertz CT molecular complexity index is 549. The van der Waals surface area contributed by atoms with Gasteiger partial charge in [0.15, 0.2) is 0 Å². The van der Waals surface area contributed by atoms with Crippen LogP contribution in [0.1, 0.15) is 48.6 Å². The molecule has 0 bridgehead atoms. The fourth-order valence-corrected chi connectivity index (χ4v) is 2.61. The Hall–Kier alpha value is -1.67. The molecule has 0 saturated heterocycles. The fourth-order valence-electron chi connectivity index (χ4n) is 2.61. The average molecular weight is 268 g/mol. The lowest BCUT2D eigenvalue weighted by Gasteiger charge is -2.21. The van der Waals surface area contributed by atoms with Crippen LogP contribution in [0.3, 0.4) is 0 Å². The van der Waals surface area contributed by atoms with Crippen LogP contribution in [0, 0.1) is 6.92 Å². The molecule has 1 heterocycles. The summed E-state index contributed by atoms with van der Waals surface area (Å²) in [4.78, 5) is 4.29. The number of nitrogens with zero attached hydrogens (tertiary/aromatic N) is 1. The first kappa shape index (κ1) is 14.7. The van der Waals surface area contributed by atoms with Gasteiger partial charge in [0.25, 0.3) is 0 Å². The maximum absolute atomic E-state index is 4.29. The highest BCUT2D eigenvalue weighted by Crippen LogP contribution is 2.25. The molecule has 106 valence electrons. The normalized spacial score (nSPS) is 12.3. The van der Waals surface area contributed by atoms with Gasteiger partial charge in [0.05, 0.1) is 6.04 Å². The Labute approximate surface area is 122 Å². The van der Waals surface area contributed by atoms with Crippen molar-refractivity contribution >= 4 is 0 Å². The van der Waals surface area contributed by atoms with E-state index in [2.05, 4.69) is 61.4 Å². The van der Waals surface area contributed by atoms with Crippen molar-refractivity contribution < 1.29 is 0 Å². The van der Waals surface area contributed by atoms with Gasteiger partial charge in [0.1, 0.15) is 0 Å². The molecule has 0 aliphatic heterocycles. The van der Waals surface area contributed by atoms with Crippen LogP contribution in [-0.4, -0.2) is 11.5 Å². The minimum absolute atomic E-state index is 0.227. The summed E-state index contributed by atoms with van der Waals surface area (Å²) < 4.78 is 0. The van der Waals surface area contributed by atoms with Crippen molar-refractivity contribution in [2.24, 2.45) is 0 Å². The Morgan fingerprint density at radius 3 is 2.75 bits per heavy atom. The molecule has 0 aliphatic carbocycles. The molecule has 1 unspecified atom stereocenters. The van der Waals surface area contributed by atoms with Crippen molar-refractivity contribution in [3.05, 3.63) is 65.0 Å². The van der Waals surface area contributed by atoms with Crippen LogP contribution in [0.25, 0.3) is 0 Å². The maximum Gasteiger partial charge on any atom is 0.0594 e. The van der Waals surface area contributed by atoms with Gasteiger partial charge in [-0.3, -0.25) is 4.98 Å². The molecule has 0 amide bonds. The van der Waals surface area contributed by atoms with Gasteiger partial charge in [-0.25, -0.2) is 0 Å². The number of pyridine rings is 1. The minimum atomic E-state index is 0.227. The zero-order valence-electron chi connectivity index (χ0n) is 12.7. The zero-order chi connectivity index (χ0) is 14.4. The van der Waals surface area contributed by atoms with Gasteiger partial charge in [0, 0.05) is 12.4 Å². The third-order valence-corrected chi connectivity index (χ3v) is 3.62. The Kier molecular flexibility index (Phi) is 5.31. The number of hydrogen-bond donors (Lipinski definition) is 1. The molecule has 1 aromatic heterocycles. The van der Waals surface area contributed by atoms with Crippen molar-refractivity contribution in [1.29, 1.82) is 0 Å². The summed E-state index contributed by atoms with van der Waals surface area (Å²) in [5.41, 5.74) is 5.29. The van der Waals surface area contributed by atoms with Crippen LogP contribution >= 0.6 is 0 Å². The van der Waals surface area contributed by atoms with E-state index in [4.69, 9.17) is 0 Å². The van der Waals surface area contributed by atoms with Crippen LogP contribution < -0.4 is 5.32 Å². The lowest BCUT2D eigenvalue weighted by atomic mass is 9.94. The zero-order valence-corrected chi connectivity index (χ0v) is 12.7. The fraction of sp³-hybridized carbons (Fsp3) is 0.389. The molecule has 1 N–H and O–H groups in total. The second-order valence-electron chi connectivity index (χ2n) is 5.22. The summed E-state index contributed by atoms with van der Waals surface area (Å²) in [5.74, 6) is 0. The first-order chi connectivity index (χ1) is 9.76. The highest BCUT2D eigenvalue weighted by Gasteiger charge is 2.15. The number of aryl methyl sites for hydroxylation is 2. The molecule has 2 nitrogen and oxygen atoms in total. The van der Waals surface area contributed by atoms with Gasteiger partial charge in [0.2, 0.25) is 0 Å². The molecule has 0 spiro atoms. The van der Waals surface area contributed by atoms with Gasteiger partial charge in [-0.05, 0) is 48.2 Å². The van der Waals surface area contributed by atoms with E-state index in [1.165, 1.54) is 28.7 Å². The maximum atomic E-state index is 4.29. The number of benzene rings is 1. The molecule has 2 rings (SSSR count).